The molecule has 63 heavy (non-hydrogen) atoms. The molecule has 0 radical (unpaired) electrons. The van der Waals surface area contributed by atoms with Crippen LogP contribution in [0.2, 0.25) is 0 Å². The van der Waals surface area contributed by atoms with Crippen LogP contribution in [0, 0.1) is 0 Å². The Labute approximate surface area is 368 Å². The molecule has 0 spiro atoms. The molecule has 0 fully saturated rings. The maximum atomic E-state index is 2.51. The summed E-state index contributed by atoms with van der Waals surface area (Å²) < 4.78 is 4.98. The summed E-state index contributed by atoms with van der Waals surface area (Å²) in [6.45, 7) is 0. The molecule has 0 aliphatic carbocycles. The molecule has 0 unspecified atom stereocenters. The van der Waals surface area contributed by atoms with Gasteiger partial charge in [0.15, 0.2) is 8.07 Å². The van der Waals surface area contributed by atoms with Crippen molar-refractivity contribution in [2.45, 2.75) is 0 Å². The fourth-order valence-corrected chi connectivity index (χ4v) is 15.3. The average Bonchev–Trinajstić information content (AvgIpc) is 3.88. The van der Waals surface area contributed by atoms with E-state index in [4.69, 9.17) is 0 Å². The molecule has 12 rings (SSSR count). The van der Waals surface area contributed by atoms with Gasteiger partial charge in [-0.1, -0.05) is 212 Å². The Bertz CT molecular complexity index is 3500. The molecule has 0 bridgehead atoms. The van der Waals surface area contributed by atoms with Gasteiger partial charge in [-0.05, 0) is 85.5 Å². The predicted molar refractivity (Wildman–Crippen MR) is 270 cm³/mol. The van der Waals surface area contributed by atoms with E-state index in [0.29, 0.717) is 0 Å². The van der Waals surface area contributed by atoms with Gasteiger partial charge < -0.3 is 9.13 Å². The van der Waals surface area contributed by atoms with Crippen molar-refractivity contribution in [3.05, 3.63) is 255 Å². The summed E-state index contributed by atoms with van der Waals surface area (Å²) in [6, 6.07) is 94.3. The molecule has 2 nitrogen and oxygen atoms in total. The maximum absolute atomic E-state index is 2.87. The van der Waals surface area contributed by atoms with Crippen molar-refractivity contribution in [1.82, 2.24) is 9.13 Å². The number of fused-ring (bicyclic) bond motifs is 6. The summed E-state index contributed by atoms with van der Waals surface area (Å²) in [6.07, 6.45) is 0. The molecule has 10 aromatic carbocycles. The van der Waals surface area contributed by atoms with Crippen molar-refractivity contribution in [2.24, 2.45) is 0 Å². The minimum Gasteiger partial charge on any atom is -0.309 e. The van der Waals surface area contributed by atoms with Crippen molar-refractivity contribution in [2.75, 3.05) is 0 Å². The van der Waals surface area contributed by atoms with Crippen LogP contribution in [-0.2, 0) is 0 Å². The average molecular weight is 819 g/mol. The predicted octanol–water partition coefficient (Wildman–Crippen LogP) is 12.6. The van der Waals surface area contributed by atoms with Gasteiger partial charge in [-0.15, -0.1) is 0 Å². The zero-order valence-corrected chi connectivity index (χ0v) is 35.6. The maximum Gasteiger partial charge on any atom is 0.180 e. The van der Waals surface area contributed by atoms with Crippen molar-refractivity contribution >= 4 is 72.4 Å². The molecule has 0 amide bonds. The van der Waals surface area contributed by atoms with Gasteiger partial charge in [-0.3, -0.25) is 0 Å². The SMILES string of the molecule is c1ccc(-c2cccc(-n3c4cc(-c5ccccc5)ccc4c4ccc(-n5c6ccccc6c6c([Si](c7ccccc7)(c7ccccc7)c7ccccc7)cccc65)cc43)c2)cc1. The molecule has 0 N–H and O–H groups in total. The Kier molecular flexibility index (Phi) is 8.87. The monoisotopic (exact) mass is 818 g/mol. The van der Waals surface area contributed by atoms with Crippen LogP contribution >= 0.6 is 0 Å². The third kappa shape index (κ3) is 5.93. The first-order chi connectivity index (χ1) is 31.3. The second kappa shape index (κ2) is 15.2. The first-order valence-corrected chi connectivity index (χ1v) is 23.8. The lowest BCUT2D eigenvalue weighted by molar-refractivity contribution is 1.15. The smallest absolute Gasteiger partial charge is 0.180 e. The summed E-state index contributed by atoms with van der Waals surface area (Å²) in [5.41, 5.74) is 11.8. The molecule has 0 aliphatic heterocycles. The Morgan fingerprint density at radius 1 is 0.254 bits per heavy atom. The van der Waals surface area contributed by atoms with Crippen molar-refractivity contribution in [1.29, 1.82) is 0 Å². The van der Waals surface area contributed by atoms with Gasteiger partial charge in [0.2, 0.25) is 0 Å². The molecule has 296 valence electrons. The topological polar surface area (TPSA) is 9.86 Å². The summed E-state index contributed by atoms with van der Waals surface area (Å²) in [7, 11) is -2.87. The number of para-hydroxylation sites is 1. The van der Waals surface area contributed by atoms with Crippen LogP contribution in [0.3, 0.4) is 0 Å². The highest BCUT2D eigenvalue weighted by Crippen LogP contribution is 2.39. The summed E-state index contributed by atoms with van der Waals surface area (Å²) in [4.78, 5) is 0. The van der Waals surface area contributed by atoms with Gasteiger partial charge >= 0.3 is 0 Å². The van der Waals surface area contributed by atoms with Crippen LogP contribution in [0.15, 0.2) is 255 Å². The molecule has 0 saturated heterocycles. The number of nitrogens with zero attached hydrogens (tertiary/aromatic N) is 2. The van der Waals surface area contributed by atoms with Gasteiger partial charge in [-0.25, -0.2) is 0 Å². The number of benzene rings is 10. The van der Waals surface area contributed by atoms with E-state index in [1.54, 1.807) is 0 Å². The summed E-state index contributed by atoms with van der Waals surface area (Å²) in [5, 5.41) is 10.5. The highest BCUT2D eigenvalue weighted by molar-refractivity contribution is 7.20. The van der Waals surface area contributed by atoms with Crippen LogP contribution in [-0.4, -0.2) is 17.2 Å². The molecule has 3 heteroatoms. The normalized spacial score (nSPS) is 11.8. The lowest BCUT2D eigenvalue weighted by atomic mass is 10.0. The Morgan fingerprint density at radius 3 is 1.32 bits per heavy atom. The van der Waals surface area contributed by atoms with Gasteiger partial charge in [0.25, 0.3) is 0 Å². The molecule has 0 saturated carbocycles. The Balaban J connectivity index is 1.16. The van der Waals surface area contributed by atoms with E-state index >= 15 is 0 Å². The van der Waals surface area contributed by atoms with E-state index in [-0.39, 0.29) is 0 Å². The first-order valence-electron chi connectivity index (χ1n) is 21.8. The van der Waals surface area contributed by atoms with Gasteiger partial charge in [0, 0.05) is 32.9 Å². The third-order valence-corrected chi connectivity index (χ3v) is 17.9. The van der Waals surface area contributed by atoms with Gasteiger partial charge in [0.1, 0.15) is 0 Å². The van der Waals surface area contributed by atoms with Crippen molar-refractivity contribution < 1.29 is 0 Å². The molecule has 2 heterocycles. The third-order valence-electron chi connectivity index (χ3n) is 13.0. The van der Waals surface area contributed by atoms with Crippen LogP contribution in [0.25, 0.3) is 77.2 Å². The van der Waals surface area contributed by atoms with Crippen LogP contribution in [0.4, 0.5) is 0 Å². The number of aromatic nitrogens is 2. The lowest BCUT2D eigenvalue weighted by Crippen LogP contribution is -2.74. The lowest BCUT2D eigenvalue weighted by Gasteiger charge is -2.35. The minimum atomic E-state index is -2.87. The molecule has 0 aliphatic rings. The zero-order chi connectivity index (χ0) is 41.7. The second-order valence-corrected chi connectivity index (χ2v) is 20.2. The Hall–Kier alpha value is -7.98. The number of hydrogen-bond acceptors (Lipinski definition) is 0. The molecular weight excluding hydrogens is 777 g/mol. The highest BCUT2D eigenvalue weighted by Gasteiger charge is 2.43. The van der Waals surface area contributed by atoms with Gasteiger partial charge in [0.05, 0.1) is 22.1 Å². The van der Waals surface area contributed by atoms with Crippen molar-refractivity contribution in [3.8, 4) is 33.6 Å². The standard InChI is InChI=1S/C60H42N2Si/c1-6-20-43(21-7-1)45-24-18-25-47(40-45)62-57-41-46(44-22-8-2-9-23-44)36-38-52(57)53-39-37-48(42-58(53)62)61-55-33-17-16-32-54(55)60-56(61)34-19-35-59(60)63(49-26-10-3-11-27-49,50-28-12-4-13-29-50)51-30-14-5-15-31-51/h1-42H. The van der Waals surface area contributed by atoms with Gasteiger partial charge in [-0.2, -0.15) is 0 Å². The van der Waals surface area contributed by atoms with Crippen LogP contribution in [0.5, 0.6) is 0 Å². The fraction of sp³-hybridized carbons (Fsp3) is 0. The Morgan fingerprint density at radius 2 is 0.698 bits per heavy atom. The zero-order valence-electron chi connectivity index (χ0n) is 34.6. The first kappa shape index (κ1) is 36.8. The van der Waals surface area contributed by atoms with E-state index in [0.717, 1.165) is 11.4 Å². The quantitative estimate of drug-likeness (QED) is 0.107. The molecule has 0 atom stereocenters. The highest BCUT2D eigenvalue weighted by atomic mass is 28.3. The summed E-state index contributed by atoms with van der Waals surface area (Å²) in [5.74, 6) is 0. The molecule has 2 aromatic heterocycles. The van der Waals surface area contributed by atoms with E-state index < -0.39 is 8.07 Å². The van der Waals surface area contributed by atoms with Crippen LogP contribution < -0.4 is 20.7 Å². The summed E-state index contributed by atoms with van der Waals surface area (Å²) >= 11 is 0. The van der Waals surface area contributed by atoms with Crippen LogP contribution in [0.1, 0.15) is 0 Å². The minimum absolute atomic E-state index is 1.13. The molecular formula is C60H42N2Si. The number of rotatable bonds is 8. The fourth-order valence-electron chi connectivity index (χ4n) is 10.3. The van der Waals surface area contributed by atoms with E-state index in [2.05, 4.69) is 264 Å². The number of hydrogen-bond donors (Lipinski definition) is 0. The second-order valence-electron chi connectivity index (χ2n) is 16.5. The van der Waals surface area contributed by atoms with E-state index in [9.17, 15) is 0 Å². The largest absolute Gasteiger partial charge is 0.309 e. The molecule has 12 aromatic rings. The van der Waals surface area contributed by atoms with Crippen molar-refractivity contribution in [3.63, 3.8) is 0 Å². The van der Waals surface area contributed by atoms with E-state index in [1.165, 1.54) is 86.6 Å². The van der Waals surface area contributed by atoms with E-state index in [1.807, 2.05) is 0 Å².